The Morgan fingerprint density at radius 2 is 0.750 bits per heavy atom. The summed E-state index contributed by atoms with van der Waals surface area (Å²) in [6, 6.07) is 0. The highest BCUT2D eigenvalue weighted by Crippen LogP contribution is 2.18. The van der Waals surface area contributed by atoms with E-state index in [1.807, 2.05) is 0 Å². The van der Waals surface area contributed by atoms with Crippen LogP contribution in [0.5, 0.6) is 0 Å². The van der Waals surface area contributed by atoms with Gasteiger partial charge in [-0.2, -0.15) is 17.6 Å². The molecule has 0 amide bonds. The Morgan fingerprint density at radius 3 is 1.00 bits per heavy atom. The molecular weight excluding hydrogens is 268 g/mol. The van der Waals surface area contributed by atoms with Crippen LogP contribution in [0.4, 0.5) is 17.6 Å². The number of rotatable bonds is 11. The summed E-state index contributed by atoms with van der Waals surface area (Å²) in [7, 11) is 0. The van der Waals surface area contributed by atoms with Crippen LogP contribution < -0.4 is 0 Å². The van der Waals surface area contributed by atoms with E-state index in [1.165, 1.54) is 13.8 Å². The Labute approximate surface area is 119 Å². The molecule has 0 aromatic rings. The molecule has 0 unspecified atom stereocenters. The molecule has 118 valence electrons. The molecule has 0 aliphatic heterocycles. The van der Waals surface area contributed by atoms with E-state index < -0.39 is 12.2 Å². The Hall–Kier alpha value is -0.800. The summed E-state index contributed by atoms with van der Waals surface area (Å²) in [5.74, 6) is 0. The first-order valence-corrected chi connectivity index (χ1v) is 7.46. The standard InChI is InChI=1S/C16H26F4/c1-13(15(17)18)11-9-7-5-3-4-6-8-10-12-14(2)16(19)20/h3-12H2,1-2H3. The molecule has 0 saturated carbocycles. The summed E-state index contributed by atoms with van der Waals surface area (Å²) in [6.45, 7) is 2.96. The molecule has 0 nitrogen and oxygen atoms in total. The summed E-state index contributed by atoms with van der Waals surface area (Å²) in [5, 5.41) is 0. The maximum absolute atomic E-state index is 12.1. The molecule has 0 aliphatic rings. The van der Waals surface area contributed by atoms with Crippen molar-refractivity contribution in [2.75, 3.05) is 0 Å². The smallest absolute Gasteiger partial charge is 0.173 e. The highest BCUT2D eigenvalue weighted by atomic mass is 19.3. The lowest BCUT2D eigenvalue weighted by Gasteiger charge is -2.03. The summed E-state index contributed by atoms with van der Waals surface area (Å²) in [4.78, 5) is 0. The van der Waals surface area contributed by atoms with Crippen molar-refractivity contribution in [3.63, 3.8) is 0 Å². The third kappa shape index (κ3) is 11.1. The number of hydrogen-bond acceptors (Lipinski definition) is 0. The monoisotopic (exact) mass is 294 g/mol. The predicted octanol–water partition coefficient (Wildman–Crippen LogP) is 7.23. The maximum Gasteiger partial charge on any atom is 0.269 e. The fourth-order valence-electron chi connectivity index (χ4n) is 2.03. The zero-order valence-electron chi connectivity index (χ0n) is 12.6. The lowest BCUT2D eigenvalue weighted by atomic mass is 10.0. The van der Waals surface area contributed by atoms with Gasteiger partial charge in [0.25, 0.3) is 12.2 Å². The summed E-state index contributed by atoms with van der Waals surface area (Å²) < 4.78 is 48.5. The van der Waals surface area contributed by atoms with Crippen LogP contribution in [0, 0.1) is 0 Å². The third-order valence-electron chi connectivity index (χ3n) is 3.50. The summed E-state index contributed by atoms with van der Waals surface area (Å²) in [5.41, 5.74) is 0.405. The number of allylic oxidation sites excluding steroid dienone is 2. The molecule has 0 atom stereocenters. The zero-order chi connectivity index (χ0) is 15.4. The van der Waals surface area contributed by atoms with Crippen molar-refractivity contribution in [1.82, 2.24) is 0 Å². The first-order valence-electron chi connectivity index (χ1n) is 7.46. The van der Waals surface area contributed by atoms with Gasteiger partial charge in [-0.15, -0.1) is 0 Å². The highest BCUT2D eigenvalue weighted by Gasteiger charge is 2.00. The largest absolute Gasteiger partial charge is 0.269 e. The van der Waals surface area contributed by atoms with Gasteiger partial charge < -0.3 is 0 Å². The molecule has 0 saturated heterocycles. The van der Waals surface area contributed by atoms with Crippen LogP contribution in [-0.4, -0.2) is 0 Å². The molecule has 0 spiro atoms. The van der Waals surface area contributed by atoms with Gasteiger partial charge in [0.15, 0.2) is 0 Å². The van der Waals surface area contributed by atoms with E-state index in [-0.39, 0.29) is 11.1 Å². The van der Waals surface area contributed by atoms with Gasteiger partial charge in [-0.05, 0) is 50.7 Å². The van der Waals surface area contributed by atoms with Gasteiger partial charge in [0.1, 0.15) is 0 Å². The lowest BCUT2D eigenvalue weighted by molar-refractivity contribution is 0.405. The van der Waals surface area contributed by atoms with E-state index >= 15 is 0 Å². The second-order valence-corrected chi connectivity index (χ2v) is 5.41. The van der Waals surface area contributed by atoms with Crippen molar-refractivity contribution in [2.24, 2.45) is 0 Å². The second-order valence-electron chi connectivity index (χ2n) is 5.41. The summed E-state index contributed by atoms with van der Waals surface area (Å²) >= 11 is 0. The van der Waals surface area contributed by atoms with Crippen molar-refractivity contribution in [1.29, 1.82) is 0 Å². The minimum absolute atomic E-state index is 0.202. The fourth-order valence-corrected chi connectivity index (χ4v) is 2.03. The predicted molar refractivity (Wildman–Crippen MR) is 76.0 cm³/mol. The molecule has 0 fully saturated rings. The minimum Gasteiger partial charge on any atom is -0.173 e. The van der Waals surface area contributed by atoms with Gasteiger partial charge in [0.05, 0.1) is 0 Å². The molecule has 0 aromatic carbocycles. The number of hydrogen-bond donors (Lipinski definition) is 0. The average Bonchev–Trinajstić information content (AvgIpc) is 2.39. The molecule has 0 N–H and O–H groups in total. The molecule has 0 radical (unpaired) electrons. The molecule has 0 bridgehead atoms. The normalized spacial score (nSPS) is 10.5. The van der Waals surface area contributed by atoms with Gasteiger partial charge in [-0.3, -0.25) is 0 Å². The quantitative estimate of drug-likeness (QED) is 0.278. The van der Waals surface area contributed by atoms with Crippen molar-refractivity contribution < 1.29 is 17.6 Å². The van der Waals surface area contributed by atoms with Gasteiger partial charge in [-0.1, -0.05) is 38.5 Å². The van der Waals surface area contributed by atoms with Crippen LogP contribution in [0.15, 0.2) is 23.3 Å². The Kier molecular flexibility index (Phi) is 11.5. The third-order valence-corrected chi connectivity index (χ3v) is 3.50. The van der Waals surface area contributed by atoms with Crippen LogP contribution in [0.25, 0.3) is 0 Å². The number of unbranched alkanes of at least 4 members (excludes halogenated alkanes) is 7. The van der Waals surface area contributed by atoms with Gasteiger partial charge in [0.2, 0.25) is 0 Å². The molecular formula is C16H26F4. The van der Waals surface area contributed by atoms with E-state index in [2.05, 4.69) is 0 Å². The maximum atomic E-state index is 12.1. The first-order chi connectivity index (χ1) is 9.45. The van der Waals surface area contributed by atoms with Gasteiger partial charge in [-0.25, -0.2) is 0 Å². The van der Waals surface area contributed by atoms with Gasteiger partial charge >= 0.3 is 0 Å². The van der Waals surface area contributed by atoms with Crippen LogP contribution >= 0.6 is 0 Å². The molecule has 0 aliphatic carbocycles. The van der Waals surface area contributed by atoms with Crippen LogP contribution in [0.2, 0.25) is 0 Å². The van der Waals surface area contributed by atoms with E-state index in [1.54, 1.807) is 0 Å². The fraction of sp³-hybridized carbons (Fsp3) is 0.750. The SMILES string of the molecule is CC(CCCCCCCCCCC(C)=C(F)F)=C(F)F. The van der Waals surface area contributed by atoms with E-state index in [9.17, 15) is 17.6 Å². The molecule has 20 heavy (non-hydrogen) atoms. The zero-order valence-corrected chi connectivity index (χ0v) is 12.6. The van der Waals surface area contributed by atoms with E-state index in [0.717, 1.165) is 51.4 Å². The van der Waals surface area contributed by atoms with Crippen molar-refractivity contribution in [3.8, 4) is 0 Å². The molecule has 0 aromatic heterocycles. The Morgan fingerprint density at radius 1 is 0.500 bits per heavy atom. The van der Waals surface area contributed by atoms with Crippen LogP contribution in [0.1, 0.15) is 78.1 Å². The molecule has 0 heterocycles. The Balaban J connectivity index is 3.30. The molecule has 4 heteroatoms. The Bertz CT molecular complexity index is 278. The van der Waals surface area contributed by atoms with Crippen molar-refractivity contribution in [2.45, 2.75) is 78.1 Å². The minimum atomic E-state index is -1.54. The van der Waals surface area contributed by atoms with Crippen LogP contribution in [0.3, 0.4) is 0 Å². The van der Waals surface area contributed by atoms with Gasteiger partial charge in [0, 0.05) is 0 Å². The lowest BCUT2D eigenvalue weighted by Crippen LogP contribution is -1.85. The second kappa shape index (κ2) is 12.0. The number of halogens is 4. The first kappa shape index (κ1) is 19.2. The van der Waals surface area contributed by atoms with E-state index in [0.29, 0.717) is 12.8 Å². The van der Waals surface area contributed by atoms with Crippen molar-refractivity contribution in [3.05, 3.63) is 23.3 Å². The topological polar surface area (TPSA) is 0 Å². The summed E-state index contributed by atoms with van der Waals surface area (Å²) in [6.07, 6.45) is 5.85. The van der Waals surface area contributed by atoms with Crippen molar-refractivity contribution >= 4 is 0 Å². The van der Waals surface area contributed by atoms with Crippen LogP contribution in [-0.2, 0) is 0 Å². The van der Waals surface area contributed by atoms with E-state index in [4.69, 9.17) is 0 Å². The highest BCUT2D eigenvalue weighted by molar-refractivity contribution is 4.98. The molecule has 0 rings (SSSR count). The average molecular weight is 294 g/mol.